The molecule has 0 bridgehead atoms. The molecule has 3 atom stereocenters. The smallest absolute Gasteiger partial charge is 0.410 e. The Morgan fingerprint density at radius 2 is 2.31 bits per heavy atom. The van der Waals surface area contributed by atoms with E-state index in [1.807, 2.05) is 0 Å². The van der Waals surface area contributed by atoms with E-state index in [2.05, 4.69) is 6.58 Å². The monoisotopic (exact) mass is 225 g/mol. The number of fused-ring (bicyclic) bond motifs is 1. The molecule has 1 heterocycles. The molecule has 5 nitrogen and oxygen atoms in total. The molecule has 3 unspecified atom stereocenters. The van der Waals surface area contributed by atoms with Crippen LogP contribution < -0.4 is 0 Å². The van der Waals surface area contributed by atoms with Gasteiger partial charge in [0.1, 0.15) is 6.61 Å². The summed E-state index contributed by atoms with van der Waals surface area (Å²) in [6.45, 7) is 4.28. The van der Waals surface area contributed by atoms with E-state index < -0.39 is 5.97 Å². The number of carboxylic acid groups (broad SMARTS) is 1. The van der Waals surface area contributed by atoms with Crippen LogP contribution in [0, 0.1) is 11.8 Å². The number of carboxylic acids is 1. The number of hydrogen-bond donors (Lipinski definition) is 1. The van der Waals surface area contributed by atoms with Crippen LogP contribution >= 0.6 is 0 Å². The van der Waals surface area contributed by atoms with Gasteiger partial charge in [-0.3, -0.25) is 4.79 Å². The lowest BCUT2D eigenvalue weighted by Crippen LogP contribution is -2.50. The minimum Gasteiger partial charge on any atom is -0.481 e. The molecule has 88 valence electrons. The first-order valence-corrected chi connectivity index (χ1v) is 5.42. The van der Waals surface area contributed by atoms with Gasteiger partial charge < -0.3 is 14.7 Å². The number of nitrogens with zero attached hydrogens (tertiary/aromatic N) is 1. The minimum absolute atomic E-state index is 0.0680. The van der Waals surface area contributed by atoms with Crippen molar-refractivity contribution in [3.05, 3.63) is 12.7 Å². The van der Waals surface area contributed by atoms with Gasteiger partial charge in [-0.05, 0) is 18.8 Å². The minimum atomic E-state index is -0.748. The molecular weight excluding hydrogens is 210 g/mol. The highest BCUT2D eigenvalue weighted by Crippen LogP contribution is 2.45. The number of carbonyl (C=O) groups excluding carboxylic acids is 1. The molecule has 0 aromatic rings. The molecule has 2 fully saturated rings. The summed E-state index contributed by atoms with van der Waals surface area (Å²) in [5.41, 5.74) is 0. The van der Waals surface area contributed by atoms with Crippen LogP contribution in [0.4, 0.5) is 4.79 Å². The summed E-state index contributed by atoms with van der Waals surface area (Å²) in [7, 11) is 0. The SMILES string of the molecule is C=CCOC(=O)N1CCC2C(C(=O)O)CC21. The fraction of sp³-hybridized carbons (Fsp3) is 0.636. The molecule has 1 saturated heterocycles. The van der Waals surface area contributed by atoms with Crippen molar-refractivity contribution in [2.24, 2.45) is 11.8 Å². The summed E-state index contributed by atoms with van der Waals surface area (Å²) < 4.78 is 4.94. The van der Waals surface area contributed by atoms with Crippen molar-refractivity contribution in [2.45, 2.75) is 18.9 Å². The molecule has 2 aliphatic rings. The van der Waals surface area contributed by atoms with Crippen LogP contribution in [0.25, 0.3) is 0 Å². The van der Waals surface area contributed by atoms with E-state index in [0.29, 0.717) is 13.0 Å². The van der Waals surface area contributed by atoms with Gasteiger partial charge in [0.2, 0.25) is 0 Å². The van der Waals surface area contributed by atoms with Gasteiger partial charge >= 0.3 is 12.1 Å². The van der Waals surface area contributed by atoms with Gasteiger partial charge in [0.25, 0.3) is 0 Å². The molecule has 0 radical (unpaired) electrons. The maximum Gasteiger partial charge on any atom is 0.410 e. The van der Waals surface area contributed by atoms with Gasteiger partial charge in [0, 0.05) is 12.6 Å². The predicted molar refractivity (Wildman–Crippen MR) is 55.9 cm³/mol. The number of ether oxygens (including phenoxy) is 1. The Balaban J connectivity index is 1.90. The average molecular weight is 225 g/mol. The Labute approximate surface area is 93.7 Å². The lowest BCUT2D eigenvalue weighted by molar-refractivity contribution is -0.149. The van der Waals surface area contributed by atoms with E-state index >= 15 is 0 Å². The Morgan fingerprint density at radius 1 is 1.56 bits per heavy atom. The molecule has 16 heavy (non-hydrogen) atoms. The Morgan fingerprint density at radius 3 is 2.94 bits per heavy atom. The van der Waals surface area contributed by atoms with Gasteiger partial charge in [0.15, 0.2) is 0 Å². The highest BCUT2D eigenvalue weighted by atomic mass is 16.6. The first-order valence-electron chi connectivity index (χ1n) is 5.42. The highest BCUT2D eigenvalue weighted by Gasteiger charge is 2.53. The van der Waals surface area contributed by atoms with Crippen molar-refractivity contribution in [2.75, 3.05) is 13.2 Å². The van der Waals surface area contributed by atoms with Gasteiger partial charge in [0.05, 0.1) is 5.92 Å². The summed E-state index contributed by atoms with van der Waals surface area (Å²) in [6, 6.07) is 0.0680. The average Bonchev–Trinajstić information content (AvgIpc) is 2.51. The molecule has 1 aliphatic carbocycles. The van der Waals surface area contributed by atoms with E-state index in [1.165, 1.54) is 6.08 Å². The third kappa shape index (κ3) is 1.66. The van der Waals surface area contributed by atoms with Crippen LogP contribution in [0.5, 0.6) is 0 Å². The van der Waals surface area contributed by atoms with Gasteiger partial charge in [-0.1, -0.05) is 12.7 Å². The second-order valence-electron chi connectivity index (χ2n) is 4.26. The summed E-state index contributed by atoms with van der Waals surface area (Å²) in [5.74, 6) is -0.904. The zero-order chi connectivity index (χ0) is 11.7. The van der Waals surface area contributed by atoms with Crippen molar-refractivity contribution < 1.29 is 19.4 Å². The summed E-state index contributed by atoms with van der Waals surface area (Å²) in [4.78, 5) is 24.1. The number of rotatable bonds is 3. The largest absolute Gasteiger partial charge is 0.481 e. The maximum atomic E-state index is 11.6. The molecule has 1 aliphatic heterocycles. The molecule has 1 saturated carbocycles. The second kappa shape index (κ2) is 4.15. The fourth-order valence-electron chi connectivity index (χ4n) is 2.61. The fourth-order valence-corrected chi connectivity index (χ4v) is 2.61. The zero-order valence-corrected chi connectivity index (χ0v) is 8.96. The first-order chi connectivity index (χ1) is 7.65. The summed E-state index contributed by atoms with van der Waals surface area (Å²) in [5, 5.41) is 8.90. The molecule has 1 amide bonds. The van der Waals surface area contributed by atoms with Crippen LogP contribution in [0.3, 0.4) is 0 Å². The number of aliphatic carboxylic acids is 1. The molecule has 1 N–H and O–H groups in total. The van der Waals surface area contributed by atoms with Gasteiger partial charge in [-0.25, -0.2) is 4.79 Å². The van der Waals surface area contributed by atoms with E-state index in [1.54, 1.807) is 4.90 Å². The van der Waals surface area contributed by atoms with Crippen molar-refractivity contribution >= 4 is 12.1 Å². The van der Waals surface area contributed by atoms with Gasteiger partial charge in [-0.15, -0.1) is 0 Å². The van der Waals surface area contributed by atoms with Crippen LogP contribution in [0.2, 0.25) is 0 Å². The number of carbonyl (C=O) groups is 2. The van der Waals surface area contributed by atoms with Crippen molar-refractivity contribution in [1.82, 2.24) is 4.90 Å². The first kappa shape index (κ1) is 11.0. The second-order valence-corrected chi connectivity index (χ2v) is 4.26. The molecule has 0 aromatic carbocycles. The number of likely N-dealkylation sites (tertiary alicyclic amines) is 1. The maximum absolute atomic E-state index is 11.6. The lowest BCUT2D eigenvalue weighted by Gasteiger charge is -2.40. The number of amides is 1. The molecule has 0 aromatic heterocycles. The van der Waals surface area contributed by atoms with E-state index in [-0.39, 0.29) is 30.6 Å². The van der Waals surface area contributed by atoms with Crippen LogP contribution in [0.15, 0.2) is 12.7 Å². The molecule has 5 heteroatoms. The predicted octanol–water partition coefficient (Wildman–Crippen LogP) is 1.10. The van der Waals surface area contributed by atoms with Crippen molar-refractivity contribution in [3.8, 4) is 0 Å². The summed E-state index contributed by atoms with van der Waals surface area (Å²) in [6.07, 6.45) is 2.50. The molecule has 0 spiro atoms. The van der Waals surface area contributed by atoms with Crippen molar-refractivity contribution in [1.29, 1.82) is 0 Å². The number of hydrogen-bond acceptors (Lipinski definition) is 3. The Kier molecular flexibility index (Phi) is 2.85. The van der Waals surface area contributed by atoms with E-state index in [4.69, 9.17) is 9.84 Å². The topological polar surface area (TPSA) is 66.8 Å². The van der Waals surface area contributed by atoms with Crippen LogP contribution in [-0.4, -0.2) is 41.3 Å². The third-order valence-corrected chi connectivity index (χ3v) is 3.49. The van der Waals surface area contributed by atoms with Crippen molar-refractivity contribution in [3.63, 3.8) is 0 Å². The Hall–Kier alpha value is -1.52. The van der Waals surface area contributed by atoms with E-state index in [0.717, 1.165) is 6.42 Å². The zero-order valence-electron chi connectivity index (χ0n) is 8.96. The van der Waals surface area contributed by atoms with Crippen LogP contribution in [-0.2, 0) is 9.53 Å². The van der Waals surface area contributed by atoms with E-state index in [9.17, 15) is 9.59 Å². The molecular formula is C11H15NO4. The standard InChI is InChI=1S/C11H15NO4/c1-2-5-16-11(15)12-4-3-7-8(10(13)14)6-9(7)12/h2,7-9H,1,3-6H2,(H,13,14). The quantitative estimate of drug-likeness (QED) is 0.730. The molecule has 2 rings (SSSR count). The lowest BCUT2D eigenvalue weighted by atomic mass is 9.70. The Bertz CT molecular complexity index is 328. The normalized spacial score (nSPS) is 31.5. The summed E-state index contributed by atoms with van der Waals surface area (Å²) >= 11 is 0. The third-order valence-electron chi connectivity index (χ3n) is 3.49. The highest BCUT2D eigenvalue weighted by molar-refractivity contribution is 5.74. The van der Waals surface area contributed by atoms with Gasteiger partial charge in [-0.2, -0.15) is 0 Å². The van der Waals surface area contributed by atoms with Crippen LogP contribution in [0.1, 0.15) is 12.8 Å².